The fraction of sp³-hybridized carbons (Fsp3) is 0.379. The first kappa shape index (κ1) is 29.6. The Balaban J connectivity index is 1.86. The average molecular weight is 513 g/mol. The van der Waals surface area contributed by atoms with Crippen molar-refractivity contribution < 1.29 is 38.7 Å². The second kappa shape index (κ2) is 14.2. The van der Waals surface area contributed by atoms with E-state index in [9.17, 15) is 19.8 Å². The van der Waals surface area contributed by atoms with E-state index >= 15 is 0 Å². The summed E-state index contributed by atoms with van der Waals surface area (Å²) in [5, 5.41) is 20.0. The van der Waals surface area contributed by atoms with Crippen molar-refractivity contribution in [3.63, 3.8) is 0 Å². The highest BCUT2D eigenvalue weighted by atomic mass is 16.6. The summed E-state index contributed by atoms with van der Waals surface area (Å²) in [5.74, 6) is 0.185. The third-order valence-electron chi connectivity index (χ3n) is 5.26. The highest BCUT2D eigenvalue weighted by Gasteiger charge is 2.13. The summed E-state index contributed by atoms with van der Waals surface area (Å²) in [6, 6.07) is 11.7. The molecule has 0 saturated carbocycles. The smallest absolute Gasteiger partial charge is 0.333 e. The molecule has 200 valence electrons. The molecule has 0 aromatic heterocycles. The number of ether oxygens (including phenoxy) is 4. The van der Waals surface area contributed by atoms with Gasteiger partial charge in [-0.15, -0.1) is 0 Å². The van der Waals surface area contributed by atoms with E-state index in [2.05, 4.69) is 13.2 Å². The first-order chi connectivity index (χ1) is 17.5. The molecule has 0 amide bonds. The number of esters is 2. The minimum Gasteiger partial charge on any atom is -0.490 e. The van der Waals surface area contributed by atoms with E-state index in [1.807, 2.05) is 50.2 Å². The van der Waals surface area contributed by atoms with Crippen molar-refractivity contribution in [2.45, 2.75) is 46.3 Å². The number of aryl methyl sites for hydroxylation is 2. The summed E-state index contributed by atoms with van der Waals surface area (Å²) in [6.45, 7) is 13.6. The Hall–Kier alpha value is -3.62. The van der Waals surface area contributed by atoms with E-state index in [1.165, 1.54) is 0 Å². The molecule has 2 aromatic carbocycles. The van der Waals surface area contributed by atoms with Crippen LogP contribution in [-0.4, -0.2) is 60.8 Å². The van der Waals surface area contributed by atoms with Gasteiger partial charge in [-0.2, -0.15) is 0 Å². The van der Waals surface area contributed by atoms with Gasteiger partial charge in [0.05, 0.1) is 0 Å². The fourth-order valence-electron chi connectivity index (χ4n) is 3.26. The summed E-state index contributed by atoms with van der Waals surface area (Å²) in [6.07, 6.45) is -1.20. The predicted molar refractivity (Wildman–Crippen MR) is 140 cm³/mol. The highest BCUT2D eigenvalue weighted by molar-refractivity contribution is 5.87. The van der Waals surface area contributed by atoms with E-state index in [4.69, 9.17) is 18.9 Å². The van der Waals surface area contributed by atoms with Gasteiger partial charge >= 0.3 is 11.9 Å². The van der Waals surface area contributed by atoms with Crippen molar-refractivity contribution in [3.05, 3.63) is 83.0 Å². The van der Waals surface area contributed by atoms with E-state index in [1.54, 1.807) is 13.8 Å². The van der Waals surface area contributed by atoms with Crippen LogP contribution in [-0.2, 0) is 25.5 Å². The average Bonchev–Trinajstić information content (AvgIpc) is 2.84. The standard InChI is InChI=1S/C29H36O8/c1-18(2)28(32)36-16-24(30)14-34-26-9-7-22(11-20(26)5)13-23-8-10-27(21(6)12-23)35-15-25(31)17-37-29(33)19(3)4/h7-12,24-25,30-31H,1,3,13-17H2,2,4-6H3. The van der Waals surface area contributed by atoms with Crippen LogP contribution in [0.25, 0.3) is 0 Å². The molecule has 0 fully saturated rings. The third-order valence-corrected chi connectivity index (χ3v) is 5.26. The molecular weight excluding hydrogens is 476 g/mol. The summed E-state index contributed by atoms with van der Waals surface area (Å²) >= 11 is 0. The lowest BCUT2D eigenvalue weighted by molar-refractivity contribution is -0.143. The Morgan fingerprint density at radius 2 is 1.11 bits per heavy atom. The zero-order valence-corrected chi connectivity index (χ0v) is 21.9. The quantitative estimate of drug-likeness (QED) is 0.292. The first-order valence-electron chi connectivity index (χ1n) is 11.9. The van der Waals surface area contributed by atoms with Crippen molar-refractivity contribution in [3.8, 4) is 11.5 Å². The van der Waals surface area contributed by atoms with Gasteiger partial charge < -0.3 is 29.2 Å². The third kappa shape index (κ3) is 10.1. The number of rotatable bonds is 14. The second-order valence-corrected chi connectivity index (χ2v) is 9.06. The lowest BCUT2D eigenvalue weighted by Gasteiger charge is -2.16. The summed E-state index contributed by atoms with van der Waals surface area (Å²) in [7, 11) is 0. The zero-order chi connectivity index (χ0) is 27.5. The number of hydrogen-bond acceptors (Lipinski definition) is 8. The Labute approximate surface area is 218 Å². The van der Waals surface area contributed by atoms with Crippen molar-refractivity contribution in [2.24, 2.45) is 0 Å². The minimum absolute atomic E-state index is 0.00462. The van der Waals surface area contributed by atoms with E-state index in [0.29, 0.717) is 17.9 Å². The van der Waals surface area contributed by atoms with Crippen LogP contribution in [0.4, 0.5) is 0 Å². The van der Waals surface area contributed by atoms with Gasteiger partial charge in [0.25, 0.3) is 0 Å². The Morgan fingerprint density at radius 3 is 1.43 bits per heavy atom. The van der Waals surface area contributed by atoms with E-state index in [0.717, 1.165) is 22.3 Å². The maximum absolute atomic E-state index is 11.4. The van der Waals surface area contributed by atoms with Crippen LogP contribution in [0.2, 0.25) is 0 Å². The molecule has 2 aromatic rings. The molecule has 2 N–H and O–H groups in total. The fourth-order valence-corrected chi connectivity index (χ4v) is 3.26. The number of carbonyl (C=O) groups excluding carboxylic acids is 2. The Morgan fingerprint density at radius 1 is 0.730 bits per heavy atom. The first-order valence-corrected chi connectivity index (χ1v) is 11.9. The zero-order valence-electron chi connectivity index (χ0n) is 21.9. The largest absolute Gasteiger partial charge is 0.490 e. The molecule has 0 bridgehead atoms. The lowest BCUT2D eigenvalue weighted by atomic mass is 10.0. The van der Waals surface area contributed by atoms with Gasteiger partial charge in [0.2, 0.25) is 0 Å². The minimum atomic E-state index is -0.946. The van der Waals surface area contributed by atoms with Gasteiger partial charge in [-0.25, -0.2) is 9.59 Å². The lowest BCUT2D eigenvalue weighted by Crippen LogP contribution is -2.25. The molecule has 2 rings (SSSR count). The number of carbonyl (C=O) groups is 2. The number of hydrogen-bond donors (Lipinski definition) is 2. The Kier molecular flexibility index (Phi) is 11.4. The van der Waals surface area contributed by atoms with Crippen LogP contribution >= 0.6 is 0 Å². The molecule has 0 aliphatic rings. The number of aliphatic hydroxyl groups is 2. The van der Waals surface area contributed by atoms with Crippen LogP contribution in [0.5, 0.6) is 11.5 Å². The topological polar surface area (TPSA) is 112 Å². The highest BCUT2D eigenvalue weighted by Crippen LogP contribution is 2.24. The van der Waals surface area contributed by atoms with Gasteiger partial charge in [-0.3, -0.25) is 0 Å². The van der Waals surface area contributed by atoms with Gasteiger partial charge in [-0.05, 0) is 68.5 Å². The monoisotopic (exact) mass is 512 g/mol. The molecule has 2 atom stereocenters. The van der Waals surface area contributed by atoms with Crippen LogP contribution in [0.3, 0.4) is 0 Å². The second-order valence-electron chi connectivity index (χ2n) is 9.06. The summed E-state index contributed by atoms with van der Waals surface area (Å²) in [5.41, 5.74) is 4.56. The van der Waals surface area contributed by atoms with Gasteiger partial charge in [-0.1, -0.05) is 37.4 Å². The molecule has 0 saturated heterocycles. The van der Waals surface area contributed by atoms with Gasteiger partial charge in [0.15, 0.2) is 0 Å². The summed E-state index contributed by atoms with van der Waals surface area (Å²) in [4.78, 5) is 22.8. The maximum Gasteiger partial charge on any atom is 0.333 e. The molecule has 0 spiro atoms. The van der Waals surface area contributed by atoms with Crippen LogP contribution in [0, 0.1) is 13.8 Å². The van der Waals surface area contributed by atoms with Gasteiger partial charge in [0.1, 0.15) is 50.1 Å². The van der Waals surface area contributed by atoms with Gasteiger partial charge in [0, 0.05) is 11.1 Å². The number of aliphatic hydroxyl groups excluding tert-OH is 2. The van der Waals surface area contributed by atoms with E-state index in [-0.39, 0.29) is 37.6 Å². The predicted octanol–water partition coefficient (Wildman–Crippen LogP) is 3.61. The molecule has 0 radical (unpaired) electrons. The Bertz CT molecular complexity index is 1030. The molecule has 0 aliphatic heterocycles. The molecule has 37 heavy (non-hydrogen) atoms. The maximum atomic E-state index is 11.4. The molecular formula is C29H36O8. The van der Waals surface area contributed by atoms with Crippen LogP contribution in [0.15, 0.2) is 60.7 Å². The van der Waals surface area contributed by atoms with Crippen molar-refractivity contribution in [1.29, 1.82) is 0 Å². The molecule has 8 heteroatoms. The van der Waals surface area contributed by atoms with Crippen LogP contribution in [0.1, 0.15) is 36.1 Å². The number of benzene rings is 2. The van der Waals surface area contributed by atoms with Crippen LogP contribution < -0.4 is 9.47 Å². The van der Waals surface area contributed by atoms with Crippen molar-refractivity contribution >= 4 is 11.9 Å². The SMILES string of the molecule is C=C(C)C(=O)OCC(O)COc1ccc(Cc2ccc(OCC(O)COC(=O)C(=C)C)c(C)c2)cc1C. The molecule has 8 nitrogen and oxygen atoms in total. The molecule has 0 aliphatic carbocycles. The van der Waals surface area contributed by atoms with Crippen molar-refractivity contribution in [2.75, 3.05) is 26.4 Å². The van der Waals surface area contributed by atoms with Crippen molar-refractivity contribution in [1.82, 2.24) is 0 Å². The molecule has 0 heterocycles. The van der Waals surface area contributed by atoms with E-state index < -0.39 is 24.1 Å². The molecule has 2 unspecified atom stereocenters. The summed E-state index contributed by atoms with van der Waals surface area (Å²) < 4.78 is 21.2. The normalized spacial score (nSPS) is 12.3.